The van der Waals surface area contributed by atoms with Crippen molar-refractivity contribution in [3.8, 4) is 5.75 Å². The van der Waals surface area contributed by atoms with E-state index in [4.69, 9.17) is 16.6 Å². The Hall–Kier alpha value is -1.11. The van der Waals surface area contributed by atoms with Gasteiger partial charge in [0.2, 0.25) is 0 Å². The number of phenols is 1. The second kappa shape index (κ2) is 4.61. The van der Waals surface area contributed by atoms with Gasteiger partial charge in [0.25, 0.3) is 0 Å². The van der Waals surface area contributed by atoms with Crippen LogP contribution in [0, 0.1) is 0 Å². The normalized spacial score (nSPS) is 12.5. The van der Waals surface area contributed by atoms with Crippen LogP contribution in [-0.2, 0) is 0 Å². The van der Waals surface area contributed by atoms with Crippen LogP contribution in [0.4, 0.5) is 0 Å². The Morgan fingerprint density at radius 3 is 2.60 bits per heavy atom. The SMILES string of the molecule is NC[C@H](N)c1cc(Br)cc(C(=O)O)c1O. The van der Waals surface area contributed by atoms with Crippen molar-refractivity contribution in [2.45, 2.75) is 6.04 Å². The molecule has 0 radical (unpaired) electrons. The van der Waals surface area contributed by atoms with E-state index in [1.54, 1.807) is 6.07 Å². The van der Waals surface area contributed by atoms with Crippen molar-refractivity contribution >= 4 is 21.9 Å². The molecule has 1 aromatic carbocycles. The number of carbonyl (C=O) groups is 1. The molecule has 0 aliphatic carbocycles. The first kappa shape index (κ1) is 12.0. The summed E-state index contributed by atoms with van der Waals surface area (Å²) in [6, 6.07) is 2.28. The highest BCUT2D eigenvalue weighted by Crippen LogP contribution is 2.30. The zero-order valence-corrected chi connectivity index (χ0v) is 9.36. The average molecular weight is 275 g/mol. The number of rotatable bonds is 3. The summed E-state index contributed by atoms with van der Waals surface area (Å²) >= 11 is 3.14. The summed E-state index contributed by atoms with van der Waals surface area (Å²) in [7, 11) is 0. The predicted octanol–water partition coefficient (Wildman–Crippen LogP) is 0.811. The highest BCUT2D eigenvalue weighted by molar-refractivity contribution is 9.10. The van der Waals surface area contributed by atoms with Gasteiger partial charge in [-0.05, 0) is 12.1 Å². The molecule has 1 rings (SSSR count). The van der Waals surface area contributed by atoms with E-state index < -0.39 is 12.0 Å². The van der Waals surface area contributed by atoms with Gasteiger partial charge in [0.05, 0.1) is 0 Å². The summed E-state index contributed by atoms with van der Waals surface area (Å²) in [5.74, 6) is -1.54. The van der Waals surface area contributed by atoms with Crippen molar-refractivity contribution in [2.75, 3.05) is 6.54 Å². The molecule has 1 atom stereocenters. The minimum absolute atomic E-state index is 0.128. The maximum Gasteiger partial charge on any atom is 0.339 e. The molecule has 5 nitrogen and oxygen atoms in total. The molecule has 1 aromatic rings. The lowest BCUT2D eigenvalue weighted by Crippen LogP contribution is -2.21. The summed E-state index contributed by atoms with van der Waals surface area (Å²) in [5, 5.41) is 18.5. The molecule has 0 spiro atoms. The summed E-state index contributed by atoms with van der Waals surface area (Å²) in [5.41, 5.74) is 11.1. The molecule has 15 heavy (non-hydrogen) atoms. The smallest absolute Gasteiger partial charge is 0.339 e. The fourth-order valence-electron chi connectivity index (χ4n) is 1.19. The van der Waals surface area contributed by atoms with Crippen LogP contribution < -0.4 is 11.5 Å². The Bertz CT molecular complexity index is 395. The van der Waals surface area contributed by atoms with Gasteiger partial charge in [0, 0.05) is 22.6 Å². The molecule has 0 heterocycles. The second-order valence-corrected chi connectivity index (χ2v) is 3.95. The van der Waals surface area contributed by atoms with Gasteiger partial charge < -0.3 is 21.7 Å². The van der Waals surface area contributed by atoms with E-state index in [1.165, 1.54) is 6.07 Å². The molecule has 0 aliphatic rings. The molecule has 6 N–H and O–H groups in total. The number of nitrogens with two attached hydrogens (primary N) is 2. The summed E-state index contributed by atoms with van der Waals surface area (Å²) in [6.45, 7) is 0.128. The lowest BCUT2D eigenvalue weighted by molar-refractivity contribution is 0.0693. The average Bonchev–Trinajstić information content (AvgIpc) is 2.19. The lowest BCUT2D eigenvalue weighted by atomic mass is 10.0. The quantitative estimate of drug-likeness (QED) is 0.652. The zero-order chi connectivity index (χ0) is 11.6. The minimum Gasteiger partial charge on any atom is -0.507 e. The first-order valence-electron chi connectivity index (χ1n) is 4.18. The van der Waals surface area contributed by atoms with Gasteiger partial charge in [-0.1, -0.05) is 15.9 Å². The van der Waals surface area contributed by atoms with Crippen molar-refractivity contribution in [3.05, 3.63) is 27.7 Å². The minimum atomic E-state index is -1.21. The van der Waals surface area contributed by atoms with Crippen LogP contribution in [-0.4, -0.2) is 22.7 Å². The largest absolute Gasteiger partial charge is 0.507 e. The number of halogens is 1. The monoisotopic (exact) mass is 274 g/mol. The molecule has 0 amide bonds. The Balaban J connectivity index is 3.34. The van der Waals surface area contributed by atoms with E-state index >= 15 is 0 Å². The molecular weight excluding hydrogens is 264 g/mol. The maximum absolute atomic E-state index is 10.8. The van der Waals surface area contributed by atoms with Crippen LogP contribution in [0.25, 0.3) is 0 Å². The van der Waals surface area contributed by atoms with Crippen LogP contribution in [0.5, 0.6) is 5.75 Å². The predicted molar refractivity (Wildman–Crippen MR) is 58.7 cm³/mol. The van der Waals surface area contributed by atoms with E-state index in [0.717, 1.165) is 0 Å². The summed E-state index contributed by atoms with van der Waals surface area (Å²) in [6.07, 6.45) is 0. The number of hydrogen-bond donors (Lipinski definition) is 4. The second-order valence-electron chi connectivity index (χ2n) is 3.04. The lowest BCUT2D eigenvalue weighted by Gasteiger charge is -2.13. The van der Waals surface area contributed by atoms with E-state index in [9.17, 15) is 9.90 Å². The molecule has 0 unspecified atom stereocenters. The highest BCUT2D eigenvalue weighted by Gasteiger charge is 2.18. The molecule has 6 heteroatoms. The molecule has 0 aromatic heterocycles. The number of carboxylic acids is 1. The number of carboxylic acid groups (broad SMARTS) is 1. The molecule has 0 saturated heterocycles. The van der Waals surface area contributed by atoms with Crippen molar-refractivity contribution in [1.29, 1.82) is 0 Å². The van der Waals surface area contributed by atoms with Gasteiger partial charge in [-0.15, -0.1) is 0 Å². The molecule has 0 fully saturated rings. The Morgan fingerprint density at radius 1 is 1.53 bits per heavy atom. The Kier molecular flexibility index (Phi) is 3.67. The van der Waals surface area contributed by atoms with Crippen LogP contribution in [0.3, 0.4) is 0 Å². The summed E-state index contributed by atoms with van der Waals surface area (Å²) in [4.78, 5) is 10.8. The van der Waals surface area contributed by atoms with Crippen molar-refractivity contribution < 1.29 is 15.0 Å². The molecule has 0 aliphatic heterocycles. The van der Waals surface area contributed by atoms with Crippen LogP contribution in [0.15, 0.2) is 16.6 Å². The highest BCUT2D eigenvalue weighted by atomic mass is 79.9. The number of aromatic hydroxyl groups is 1. The topological polar surface area (TPSA) is 110 Å². The van der Waals surface area contributed by atoms with Gasteiger partial charge in [-0.25, -0.2) is 4.79 Å². The van der Waals surface area contributed by atoms with E-state index in [2.05, 4.69) is 15.9 Å². The molecule has 0 bridgehead atoms. The van der Waals surface area contributed by atoms with Crippen LogP contribution in [0.1, 0.15) is 22.0 Å². The van der Waals surface area contributed by atoms with Crippen LogP contribution >= 0.6 is 15.9 Å². The molecule has 82 valence electrons. The van der Waals surface area contributed by atoms with E-state index in [0.29, 0.717) is 10.0 Å². The standard InChI is InChI=1S/C9H11BrN2O3/c10-4-1-5(7(12)3-11)8(13)6(2-4)9(14)15/h1-2,7,13H,3,11-12H2,(H,14,15)/t7-/m0/s1. The third-order valence-corrected chi connectivity index (χ3v) is 2.45. The fourth-order valence-corrected chi connectivity index (χ4v) is 1.67. The third kappa shape index (κ3) is 2.47. The first-order chi connectivity index (χ1) is 6.97. The van der Waals surface area contributed by atoms with E-state index in [-0.39, 0.29) is 17.9 Å². The molecule has 0 saturated carbocycles. The van der Waals surface area contributed by atoms with Gasteiger partial charge in [0.1, 0.15) is 11.3 Å². The number of hydrogen-bond acceptors (Lipinski definition) is 4. The van der Waals surface area contributed by atoms with Crippen LogP contribution in [0.2, 0.25) is 0 Å². The third-order valence-electron chi connectivity index (χ3n) is 1.99. The number of benzene rings is 1. The molecular formula is C9H11BrN2O3. The summed E-state index contributed by atoms with van der Waals surface area (Å²) < 4.78 is 0.539. The van der Waals surface area contributed by atoms with Gasteiger partial charge >= 0.3 is 5.97 Å². The van der Waals surface area contributed by atoms with Gasteiger partial charge in [-0.2, -0.15) is 0 Å². The van der Waals surface area contributed by atoms with Gasteiger partial charge in [0.15, 0.2) is 0 Å². The van der Waals surface area contributed by atoms with Crippen molar-refractivity contribution in [3.63, 3.8) is 0 Å². The van der Waals surface area contributed by atoms with Gasteiger partial charge in [-0.3, -0.25) is 0 Å². The Labute approximate surface area is 94.8 Å². The number of aromatic carboxylic acids is 1. The Morgan fingerprint density at radius 2 is 2.13 bits per heavy atom. The maximum atomic E-state index is 10.8. The van der Waals surface area contributed by atoms with Crippen molar-refractivity contribution in [1.82, 2.24) is 0 Å². The van der Waals surface area contributed by atoms with Crippen molar-refractivity contribution in [2.24, 2.45) is 11.5 Å². The first-order valence-corrected chi connectivity index (χ1v) is 4.98. The van der Waals surface area contributed by atoms with E-state index in [1.807, 2.05) is 0 Å². The fraction of sp³-hybridized carbons (Fsp3) is 0.222. The zero-order valence-electron chi connectivity index (χ0n) is 7.77.